The second-order valence-electron chi connectivity index (χ2n) is 3.40. The monoisotopic (exact) mass is 258 g/mol. The summed E-state index contributed by atoms with van der Waals surface area (Å²) in [4.78, 5) is 10.9. The summed E-state index contributed by atoms with van der Waals surface area (Å²) in [5, 5.41) is 8.93. The third-order valence-corrected chi connectivity index (χ3v) is 3.16. The molecule has 0 aromatic heterocycles. The van der Waals surface area contributed by atoms with Gasteiger partial charge in [0.15, 0.2) is 16.9 Å². The molecule has 0 bridgehead atoms. The van der Waals surface area contributed by atoms with E-state index >= 15 is 0 Å². The van der Waals surface area contributed by atoms with Crippen molar-refractivity contribution in [3.8, 4) is 11.5 Å². The lowest BCUT2D eigenvalue weighted by molar-refractivity contribution is 0.0682. The van der Waals surface area contributed by atoms with Gasteiger partial charge in [-0.05, 0) is 11.8 Å². The summed E-state index contributed by atoms with van der Waals surface area (Å²) in [5.41, 5.74) is -0.434. The molecule has 0 saturated heterocycles. The van der Waals surface area contributed by atoms with Gasteiger partial charge in [-0.3, -0.25) is 0 Å². The van der Waals surface area contributed by atoms with Crippen LogP contribution in [-0.2, 0) is 0 Å². The molecule has 1 N–H and O–H groups in total. The molecule has 1 aromatic rings. The average Bonchev–Trinajstić information content (AvgIpc) is 2.27. The van der Waals surface area contributed by atoms with Crippen LogP contribution in [0.25, 0.3) is 0 Å². The van der Waals surface area contributed by atoms with Gasteiger partial charge in [-0.15, -0.1) is 11.8 Å². The van der Waals surface area contributed by atoms with Gasteiger partial charge >= 0.3 is 5.97 Å². The molecule has 92 valence electrons. The van der Waals surface area contributed by atoms with Crippen molar-refractivity contribution in [1.82, 2.24) is 0 Å². The molecule has 4 nitrogen and oxygen atoms in total. The highest BCUT2D eigenvalue weighted by molar-refractivity contribution is 7.99. The van der Waals surface area contributed by atoms with Crippen molar-refractivity contribution >= 4 is 17.7 Å². The van der Waals surface area contributed by atoms with Crippen molar-refractivity contribution in [3.63, 3.8) is 0 Å². The molecule has 1 heterocycles. The first-order valence-corrected chi connectivity index (χ1v) is 6.14. The van der Waals surface area contributed by atoms with E-state index < -0.39 is 11.8 Å². The molecule has 1 aliphatic heterocycles. The molecule has 0 amide bonds. The largest absolute Gasteiger partial charge is 0.484 e. The van der Waals surface area contributed by atoms with Crippen LogP contribution in [0.4, 0.5) is 4.39 Å². The highest BCUT2D eigenvalue weighted by Crippen LogP contribution is 2.38. The number of hydrogen-bond donors (Lipinski definition) is 1. The summed E-state index contributed by atoms with van der Waals surface area (Å²) < 4.78 is 24.0. The fourth-order valence-electron chi connectivity index (χ4n) is 1.56. The minimum atomic E-state index is -1.23. The summed E-state index contributed by atoms with van der Waals surface area (Å²) in [6.45, 7) is 2.23. The Morgan fingerprint density at radius 1 is 1.65 bits per heavy atom. The van der Waals surface area contributed by atoms with Crippen LogP contribution in [0.5, 0.6) is 11.5 Å². The van der Waals surface area contributed by atoms with Gasteiger partial charge in [-0.2, -0.15) is 0 Å². The maximum atomic E-state index is 13.2. The first-order chi connectivity index (χ1) is 8.11. The molecule has 6 heteroatoms. The first-order valence-electron chi connectivity index (χ1n) is 5.09. The molecule has 0 aliphatic carbocycles. The normalized spacial score (nSPS) is 17.9. The predicted molar refractivity (Wildman–Crippen MR) is 61.4 cm³/mol. The Hall–Kier alpha value is -1.43. The van der Waals surface area contributed by atoms with Gasteiger partial charge in [0.1, 0.15) is 18.0 Å². The number of aromatic carboxylic acids is 1. The molecule has 0 fully saturated rings. The van der Waals surface area contributed by atoms with Crippen LogP contribution < -0.4 is 9.47 Å². The first kappa shape index (κ1) is 12.0. The van der Waals surface area contributed by atoms with Crippen LogP contribution in [0.2, 0.25) is 0 Å². The number of hydrogen-bond acceptors (Lipinski definition) is 4. The lowest BCUT2D eigenvalue weighted by Crippen LogP contribution is -2.27. The van der Waals surface area contributed by atoms with E-state index in [2.05, 4.69) is 0 Å². The van der Waals surface area contributed by atoms with Crippen LogP contribution in [0.1, 0.15) is 17.3 Å². The Labute approximate surface area is 102 Å². The summed E-state index contributed by atoms with van der Waals surface area (Å²) >= 11 is 1.52. The van der Waals surface area contributed by atoms with E-state index in [0.717, 1.165) is 17.9 Å². The molecule has 1 unspecified atom stereocenters. The minimum Gasteiger partial charge on any atom is -0.484 e. The number of carboxylic acids is 1. The van der Waals surface area contributed by atoms with Crippen LogP contribution in [0, 0.1) is 5.82 Å². The maximum absolute atomic E-state index is 13.2. The number of thioether (sulfide) groups is 1. The molecule has 0 saturated carbocycles. The van der Waals surface area contributed by atoms with E-state index in [9.17, 15) is 9.18 Å². The lowest BCUT2D eigenvalue weighted by Gasteiger charge is -2.26. The Bertz CT molecular complexity index is 449. The second kappa shape index (κ2) is 4.83. The summed E-state index contributed by atoms with van der Waals surface area (Å²) in [5.74, 6) is -0.783. The van der Waals surface area contributed by atoms with E-state index in [0.29, 0.717) is 0 Å². The van der Waals surface area contributed by atoms with Gasteiger partial charge in [0.25, 0.3) is 0 Å². The van der Waals surface area contributed by atoms with E-state index in [4.69, 9.17) is 14.6 Å². The summed E-state index contributed by atoms with van der Waals surface area (Å²) in [6.07, 6.45) is 0. The van der Waals surface area contributed by atoms with E-state index in [1.165, 1.54) is 11.8 Å². The molecule has 17 heavy (non-hydrogen) atoms. The van der Waals surface area contributed by atoms with Gasteiger partial charge in [0.2, 0.25) is 0 Å². The molecule has 2 rings (SSSR count). The van der Waals surface area contributed by atoms with E-state index in [1.54, 1.807) is 0 Å². The van der Waals surface area contributed by atoms with Crippen LogP contribution >= 0.6 is 11.8 Å². The molecular weight excluding hydrogens is 247 g/mol. The van der Waals surface area contributed by atoms with Gasteiger partial charge in [0, 0.05) is 6.07 Å². The Balaban J connectivity index is 2.35. The van der Waals surface area contributed by atoms with E-state index in [1.807, 2.05) is 6.92 Å². The second-order valence-corrected chi connectivity index (χ2v) is 4.84. The number of ether oxygens (including phenoxy) is 2. The van der Waals surface area contributed by atoms with Crippen molar-refractivity contribution in [3.05, 3.63) is 23.5 Å². The summed E-state index contributed by atoms with van der Waals surface area (Å²) in [7, 11) is 0. The molecule has 1 aliphatic rings. The fourth-order valence-corrected chi connectivity index (χ4v) is 2.27. The van der Waals surface area contributed by atoms with Crippen molar-refractivity contribution in [2.24, 2.45) is 0 Å². The molecular formula is C11H11FO4S. The zero-order valence-electron chi connectivity index (χ0n) is 9.10. The molecule has 0 radical (unpaired) electrons. The highest BCUT2D eigenvalue weighted by atomic mass is 32.2. The van der Waals surface area contributed by atoms with Crippen molar-refractivity contribution in [2.45, 2.75) is 12.4 Å². The number of fused-ring (bicyclic) bond motifs is 1. The number of carboxylic acid groups (broad SMARTS) is 1. The third kappa shape index (κ3) is 2.46. The third-order valence-electron chi connectivity index (χ3n) is 2.22. The van der Waals surface area contributed by atoms with Crippen LogP contribution in [0.3, 0.4) is 0 Å². The molecule has 1 aromatic carbocycles. The van der Waals surface area contributed by atoms with E-state index in [-0.39, 0.29) is 29.1 Å². The number of carbonyl (C=O) groups is 1. The van der Waals surface area contributed by atoms with Gasteiger partial charge in [0.05, 0.1) is 0 Å². The molecule has 0 spiro atoms. The van der Waals surface area contributed by atoms with Crippen LogP contribution in [-0.4, -0.2) is 28.9 Å². The maximum Gasteiger partial charge on any atom is 0.339 e. The fraction of sp³-hybridized carbons (Fsp3) is 0.364. The standard InChI is InChI=1S/C11H11FO4S/c1-2-17-9-5-15-10-7(11(13)14)3-6(12)4-8(10)16-9/h3-4,9H,2,5H2,1H3,(H,13,14). The van der Waals surface area contributed by atoms with Gasteiger partial charge in [-0.25, -0.2) is 9.18 Å². The Morgan fingerprint density at radius 3 is 3.06 bits per heavy atom. The number of rotatable bonds is 3. The summed E-state index contributed by atoms with van der Waals surface area (Å²) in [6, 6.07) is 2.07. The average molecular weight is 258 g/mol. The highest BCUT2D eigenvalue weighted by Gasteiger charge is 2.26. The molecule has 1 atom stereocenters. The number of benzene rings is 1. The van der Waals surface area contributed by atoms with Crippen molar-refractivity contribution in [1.29, 1.82) is 0 Å². The Morgan fingerprint density at radius 2 is 2.41 bits per heavy atom. The smallest absolute Gasteiger partial charge is 0.339 e. The van der Waals surface area contributed by atoms with Gasteiger partial charge in [-0.1, -0.05) is 6.92 Å². The Kier molecular flexibility index (Phi) is 3.42. The number of halogens is 1. The SMILES string of the molecule is CCSC1COc2c(cc(F)cc2C(=O)O)O1. The minimum absolute atomic E-state index is 0.104. The predicted octanol–water partition coefficient (Wildman–Crippen LogP) is 2.37. The zero-order valence-corrected chi connectivity index (χ0v) is 9.92. The lowest BCUT2D eigenvalue weighted by atomic mass is 10.1. The quantitative estimate of drug-likeness (QED) is 0.902. The van der Waals surface area contributed by atoms with Crippen LogP contribution in [0.15, 0.2) is 12.1 Å². The van der Waals surface area contributed by atoms with Gasteiger partial charge < -0.3 is 14.6 Å². The zero-order chi connectivity index (χ0) is 12.4. The van der Waals surface area contributed by atoms with Crippen molar-refractivity contribution < 1.29 is 23.8 Å². The van der Waals surface area contributed by atoms with Crippen molar-refractivity contribution in [2.75, 3.05) is 12.4 Å². The topological polar surface area (TPSA) is 55.8 Å².